The largest absolute Gasteiger partial charge is 0.488 e. The second-order valence-electron chi connectivity index (χ2n) is 21.6. The molecule has 2 aliphatic carbocycles. The van der Waals surface area contributed by atoms with Gasteiger partial charge in [0.15, 0.2) is 23.3 Å². The summed E-state index contributed by atoms with van der Waals surface area (Å²) in [7, 11) is 1.80. The third-order valence-electron chi connectivity index (χ3n) is 16.5. The van der Waals surface area contributed by atoms with Crippen LogP contribution in [0.1, 0.15) is 149 Å². The number of benzene rings is 4. The number of nitrogens with one attached hydrogen (secondary N) is 1. The Bertz CT molecular complexity index is 3530. The second kappa shape index (κ2) is 26.0. The van der Waals surface area contributed by atoms with Gasteiger partial charge in [0.1, 0.15) is 23.2 Å². The van der Waals surface area contributed by atoms with Crippen LogP contribution in [0.4, 0.5) is 23.2 Å². The third kappa shape index (κ3) is 12.6. The van der Waals surface area contributed by atoms with Gasteiger partial charge in [0.25, 0.3) is 0 Å². The average molecular weight is 1240 g/mol. The zero-order chi connectivity index (χ0) is 57.2. The molecule has 16 nitrogen and oxygen atoms in total. The minimum Gasteiger partial charge on any atom is -0.423 e. The van der Waals surface area contributed by atoms with E-state index in [0.29, 0.717) is 43.5 Å². The summed E-state index contributed by atoms with van der Waals surface area (Å²) in [6.45, 7) is 7.72. The predicted octanol–water partition coefficient (Wildman–Crippen LogP) is 12.0. The van der Waals surface area contributed by atoms with E-state index >= 15 is 0 Å². The van der Waals surface area contributed by atoms with Crippen LogP contribution in [0.3, 0.4) is 0 Å². The monoisotopic (exact) mass is 1240 g/mol. The van der Waals surface area contributed by atoms with Crippen LogP contribution in [-0.4, -0.2) is 84.8 Å². The van der Waals surface area contributed by atoms with E-state index in [1.54, 1.807) is 19.1 Å². The highest BCUT2D eigenvalue weighted by molar-refractivity contribution is 14.0. The van der Waals surface area contributed by atoms with Crippen molar-refractivity contribution < 1.29 is 55.7 Å². The molecule has 3 N–H and O–H groups in total. The first-order valence-corrected chi connectivity index (χ1v) is 27.8. The molecule has 2 saturated carbocycles. The van der Waals surface area contributed by atoms with E-state index in [0.717, 1.165) is 173 Å². The van der Waals surface area contributed by atoms with Crippen molar-refractivity contribution >= 4 is 76.1 Å². The summed E-state index contributed by atoms with van der Waals surface area (Å²) < 4.78 is 79.3. The molecule has 0 radical (unpaired) electrons. The summed E-state index contributed by atoms with van der Waals surface area (Å²) >= 11 is 0. The molecule has 434 valence electrons. The Morgan fingerprint density at radius 1 is 0.598 bits per heavy atom. The van der Waals surface area contributed by atoms with Gasteiger partial charge in [-0.15, -0.1) is 24.0 Å². The molecule has 8 aromatic rings. The van der Waals surface area contributed by atoms with Crippen molar-refractivity contribution in [2.45, 2.75) is 154 Å². The first kappa shape index (κ1) is 60.1. The topological polar surface area (TPSA) is 196 Å². The number of methoxy groups -OCH3 is 2. The van der Waals surface area contributed by atoms with Gasteiger partial charge in [-0.1, -0.05) is 28.5 Å². The standard InChI is InChI=1S/C30H32F2N4O3.C24H30N4O3.C6H5BF2O2.HI/c1-17-29(18(2)39-34-17)19-7-14-26-25(15-19)33-30(36(26)20-8-11-22(38-3)12-9-20)27-5-4-6-28(37)35(27)21-10-13-23(31)24(32)16-21;1-14-23(15(2)31-27-14)16-7-12-21-20(13-16)26-24(19-5-4-6-22(29)25-19)28(21)17-8-10-18(30-3)11-9-17;8-5-2-1-4(7(10)11)3-6(5)9;/h7,10,13-16,20,22,27H,4-6,8-9,11-12H2,1-3H3;7,12-13,17-19H,4-6,8-11H2,1-3H3,(H,25,29);1-3,10-11H;1H/t20?,22?,27-;17?,18?,19-;;/m00../s1. The Labute approximate surface area is 490 Å². The highest BCUT2D eigenvalue weighted by atomic mass is 127. The number of imidazole rings is 2. The highest BCUT2D eigenvalue weighted by Crippen LogP contribution is 2.43. The summed E-state index contributed by atoms with van der Waals surface area (Å²) in [4.78, 5) is 37.3. The van der Waals surface area contributed by atoms with E-state index in [1.165, 1.54) is 6.07 Å². The number of hydrogen-bond acceptors (Lipinski definition) is 12. The Kier molecular flexibility index (Phi) is 19.1. The SMILES string of the molecule is COC1CCC(n2c([C@@H]3CCCC(=O)N3)nc3cc(-c4c(C)noc4C)ccc32)CC1.COC1CCC(n2c([C@@H]3CCCC(=O)N3c3ccc(F)c(F)c3)nc3cc(-c4c(C)noc4C)ccc32)CC1.I.OB(O)c1ccc(F)c(F)c1. The molecule has 12 rings (SSSR count). The van der Waals surface area contributed by atoms with Crippen LogP contribution in [-0.2, 0) is 19.1 Å². The minimum absolute atomic E-state index is 0. The van der Waals surface area contributed by atoms with Gasteiger partial charge in [-0.2, -0.15) is 0 Å². The van der Waals surface area contributed by atoms with Gasteiger partial charge in [-0.3, -0.25) is 9.59 Å². The zero-order valence-corrected chi connectivity index (χ0v) is 49.1. The predicted molar refractivity (Wildman–Crippen MR) is 313 cm³/mol. The maximum absolute atomic E-state index is 14.3. The van der Waals surface area contributed by atoms with Gasteiger partial charge in [-0.05, 0) is 170 Å². The van der Waals surface area contributed by atoms with Gasteiger partial charge < -0.3 is 47.9 Å². The van der Waals surface area contributed by atoms with Gasteiger partial charge in [0, 0.05) is 62.0 Å². The molecule has 2 aliphatic heterocycles. The number of rotatable bonds is 10. The fourth-order valence-electron chi connectivity index (χ4n) is 12.4. The normalized spacial score (nSPS) is 21.1. The fourth-order valence-corrected chi connectivity index (χ4v) is 12.4. The molecule has 22 heteroatoms. The molecule has 4 aromatic heterocycles. The zero-order valence-electron chi connectivity index (χ0n) is 46.8. The summed E-state index contributed by atoms with van der Waals surface area (Å²) in [5, 5.41) is 28.4. The first-order valence-electron chi connectivity index (χ1n) is 27.8. The molecular weight excluding hydrogens is 1170 g/mol. The maximum atomic E-state index is 14.3. The van der Waals surface area contributed by atoms with Crippen molar-refractivity contribution in [3.05, 3.63) is 131 Å². The number of aryl methyl sites for hydroxylation is 4. The number of anilines is 1. The number of hydrogen-bond donors (Lipinski definition) is 3. The number of ether oxygens (including phenoxy) is 2. The van der Waals surface area contributed by atoms with Crippen molar-refractivity contribution in [1.29, 1.82) is 0 Å². The average Bonchev–Trinajstić information content (AvgIpc) is 4.07. The number of amides is 2. The lowest BCUT2D eigenvalue weighted by atomic mass is 9.80. The van der Waals surface area contributed by atoms with Crippen LogP contribution in [0.2, 0.25) is 0 Å². The molecule has 0 spiro atoms. The Balaban J connectivity index is 0.000000168. The fraction of sp³-hybridized carbons (Fsp3) is 0.433. The van der Waals surface area contributed by atoms with Gasteiger partial charge >= 0.3 is 7.12 Å². The summed E-state index contributed by atoms with van der Waals surface area (Å²) in [6, 6.07) is 19.1. The molecule has 2 amide bonds. The van der Waals surface area contributed by atoms with E-state index < -0.39 is 36.4 Å². The van der Waals surface area contributed by atoms with E-state index in [2.05, 4.69) is 61.2 Å². The number of carbonyl (C=O) groups is 2. The van der Waals surface area contributed by atoms with Crippen molar-refractivity contribution in [3.63, 3.8) is 0 Å². The molecule has 0 unspecified atom stereocenters. The summed E-state index contributed by atoms with van der Waals surface area (Å²) in [5.74, 6) is -0.677. The number of carbonyl (C=O) groups excluding carboxylic acids is 2. The van der Waals surface area contributed by atoms with Crippen LogP contribution in [0.15, 0.2) is 81.8 Å². The van der Waals surface area contributed by atoms with Crippen molar-refractivity contribution in [3.8, 4) is 22.3 Å². The summed E-state index contributed by atoms with van der Waals surface area (Å²) in [6.07, 6.45) is 12.7. The minimum atomic E-state index is -1.76. The lowest BCUT2D eigenvalue weighted by molar-refractivity contribution is -0.123. The van der Waals surface area contributed by atoms with Crippen molar-refractivity contribution in [2.75, 3.05) is 19.1 Å². The Hall–Kier alpha value is -6.47. The second-order valence-corrected chi connectivity index (χ2v) is 21.6. The number of fused-ring (bicyclic) bond motifs is 2. The van der Waals surface area contributed by atoms with Crippen LogP contribution >= 0.6 is 24.0 Å². The molecule has 0 bridgehead atoms. The molecule has 82 heavy (non-hydrogen) atoms. The lowest BCUT2D eigenvalue weighted by Gasteiger charge is -2.37. The first-order chi connectivity index (χ1) is 39.0. The molecule has 6 heterocycles. The van der Waals surface area contributed by atoms with Crippen LogP contribution in [0.25, 0.3) is 44.3 Å². The molecule has 2 atom stereocenters. The van der Waals surface area contributed by atoms with Crippen molar-refractivity contribution in [2.24, 2.45) is 0 Å². The molecule has 2 saturated heterocycles. The van der Waals surface area contributed by atoms with E-state index in [-0.39, 0.29) is 59.4 Å². The summed E-state index contributed by atoms with van der Waals surface area (Å²) in [5.41, 5.74) is 9.89. The maximum Gasteiger partial charge on any atom is 0.488 e. The van der Waals surface area contributed by atoms with Gasteiger partial charge in [0.2, 0.25) is 11.8 Å². The molecule has 4 aliphatic rings. The molecule has 4 aromatic carbocycles. The number of aromatic nitrogens is 6. The van der Waals surface area contributed by atoms with Crippen molar-refractivity contribution in [1.82, 2.24) is 34.7 Å². The molecular formula is C60H68BF4IN8O8. The number of piperidine rings is 2. The van der Waals surface area contributed by atoms with E-state index in [4.69, 9.17) is 38.5 Å². The third-order valence-corrected chi connectivity index (χ3v) is 16.5. The van der Waals surface area contributed by atoms with E-state index in [1.807, 2.05) is 27.7 Å². The Morgan fingerprint density at radius 2 is 1.10 bits per heavy atom. The van der Waals surface area contributed by atoms with Crippen LogP contribution < -0.4 is 15.7 Å². The van der Waals surface area contributed by atoms with Gasteiger partial charge in [-0.25, -0.2) is 27.5 Å². The Morgan fingerprint density at radius 3 is 1.57 bits per heavy atom. The molecule has 4 fully saturated rings. The highest BCUT2D eigenvalue weighted by Gasteiger charge is 2.37. The number of nitrogens with zero attached hydrogens (tertiary/aromatic N) is 7. The van der Waals surface area contributed by atoms with Gasteiger partial charge in [0.05, 0.1) is 57.7 Å². The van der Waals surface area contributed by atoms with E-state index in [9.17, 15) is 27.2 Å². The smallest absolute Gasteiger partial charge is 0.423 e. The lowest BCUT2D eigenvalue weighted by Crippen LogP contribution is -2.40. The number of halogens is 5. The van der Waals surface area contributed by atoms with Crippen LogP contribution in [0.5, 0.6) is 0 Å². The van der Waals surface area contributed by atoms with Crippen LogP contribution in [0, 0.1) is 51.0 Å². The quantitative estimate of drug-likeness (QED) is 0.0667.